The molecule has 26 heavy (non-hydrogen) atoms. The molecule has 0 saturated heterocycles. The lowest BCUT2D eigenvalue weighted by Gasteiger charge is -2.22. The molecule has 0 aliphatic carbocycles. The van der Waals surface area contributed by atoms with E-state index in [9.17, 15) is 4.79 Å². The van der Waals surface area contributed by atoms with E-state index in [1.165, 1.54) is 5.75 Å². The molecule has 5 nitrogen and oxygen atoms in total. The van der Waals surface area contributed by atoms with E-state index in [1.807, 2.05) is 42.1 Å². The summed E-state index contributed by atoms with van der Waals surface area (Å²) in [5.74, 6) is 2.29. The summed E-state index contributed by atoms with van der Waals surface area (Å²) in [5, 5.41) is 3.60. The van der Waals surface area contributed by atoms with Crippen molar-refractivity contribution in [2.24, 2.45) is 0 Å². The maximum Gasteiger partial charge on any atom is 0.409 e. The van der Waals surface area contributed by atoms with Crippen LogP contribution < -0.4 is 5.32 Å². The van der Waals surface area contributed by atoms with Gasteiger partial charge < -0.3 is 19.9 Å². The number of nitrogens with zero attached hydrogens (tertiary/aromatic N) is 2. The summed E-state index contributed by atoms with van der Waals surface area (Å²) in [5.41, 5.74) is 1.01. The Morgan fingerprint density at radius 2 is 1.88 bits per heavy atom. The molecular formula is C20H35N3O2S. The number of hydrogen-bond donors (Lipinski definition) is 1. The standard InChI is InChI=1S/C20H35N3O2S/c1-5-19(21-12-15-26-16-14-22(2)3)11-13-23(4)20(24)25-17-18-9-7-6-8-10-18/h6-10,19,21H,5,11-17H2,1-4H3. The molecule has 0 saturated carbocycles. The van der Waals surface area contributed by atoms with E-state index in [2.05, 4.69) is 31.2 Å². The average molecular weight is 382 g/mol. The topological polar surface area (TPSA) is 44.8 Å². The fourth-order valence-corrected chi connectivity index (χ4v) is 3.37. The molecule has 1 amide bonds. The van der Waals surface area contributed by atoms with Crippen LogP contribution in [0, 0.1) is 0 Å². The first-order valence-corrected chi connectivity index (χ1v) is 10.6. The Kier molecular flexibility index (Phi) is 12.2. The number of carbonyl (C=O) groups excluding carboxylic acids is 1. The lowest BCUT2D eigenvalue weighted by atomic mass is 10.1. The molecular weight excluding hydrogens is 346 g/mol. The van der Waals surface area contributed by atoms with Crippen molar-refractivity contribution in [3.8, 4) is 0 Å². The van der Waals surface area contributed by atoms with Crippen LogP contribution in [0.5, 0.6) is 0 Å². The van der Waals surface area contributed by atoms with Crippen LogP contribution in [0.2, 0.25) is 0 Å². The molecule has 1 aromatic rings. The quantitative estimate of drug-likeness (QED) is 0.531. The lowest BCUT2D eigenvalue weighted by molar-refractivity contribution is 0.103. The molecule has 1 aromatic carbocycles. The van der Waals surface area contributed by atoms with Gasteiger partial charge in [-0.25, -0.2) is 4.79 Å². The van der Waals surface area contributed by atoms with Crippen molar-refractivity contribution in [2.75, 3.05) is 52.3 Å². The molecule has 1 rings (SSSR count). The van der Waals surface area contributed by atoms with E-state index in [4.69, 9.17) is 4.74 Å². The smallest absolute Gasteiger partial charge is 0.409 e. The Morgan fingerprint density at radius 1 is 1.15 bits per heavy atom. The second-order valence-corrected chi connectivity index (χ2v) is 7.95. The van der Waals surface area contributed by atoms with Crippen molar-refractivity contribution in [1.82, 2.24) is 15.1 Å². The Balaban J connectivity index is 2.15. The number of carbonyl (C=O) groups is 1. The SMILES string of the molecule is CCC(CCN(C)C(=O)OCc1ccccc1)NCCSCCN(C)C. The molecule has 148 valence electrons. The number of benzene rings is 1. The summed E-state index contributed by atoms with van der Waals surface area (Å²) >= 11 is 1.98. The Bertz CT molecular complexity index is 485. The summed E-state index contributed by atoms with van der Waals surface area (Å²) in [7, 11) is 6.01. The molecule has 1 N–H and O–H groups in total. The highest BCUT2D eigenvalue weighted by Gasteiger charge is 2.13. The van der Waals surface area contributed by atoms with E-state index >= 15 is 0 Å². The molecule has 0 aromatic heterocycles. The second kappa shape index (κ2) is 13.9. The minimum atomic E-state index is -0.261. The van der Waals surface area contributed by atoms with Gasteiger partial charge in [-0.2, -0.15) is 11.8 Å². The van der Waals surface area contributed by atoms with Crippen LogP contribution in [-0.4, -0.2) is 74.2 Å². The van der Waals surface area contributed by atoms with Crippen molar-refractivity contribution in [2.45, 2.75) is 32.4 Å². The first-order chi connectivity index (χ1) is 12.5. The maximum absolute atomic E-state index is 12.1. The van der Waals surface area contributed by atoms with Crippen molar-refractivity contribution in [1.29, 1.82) is 0 Å². The molecule has 0 aliphatic heterocycles. The normalized spacial score (nSPS) is 12.2. The van der Waals surface area contributed by atoms with Gasteiger partial charge in [-0.3, -0.25) is 0 Å². The monoisotopic (exact) mass is 381 g/mol. The Morgan fingerprint density at radius 3 is 2.54 bits per heavy atom. The summed E-state index contributed by atoms with van der Waals surface area (Å²) in [6.07, 6.45) is 1.74. The molecule has 0 fully saturated rings. The van der Waals surface area contributed by atoms with Crippen LogP contribution in [0.3, 0.4) is 0 Å². The van der Waals surface area contributed by atoms with Crippen molar-refractivity contribution < 1.29 is 9.53 Å². The van der Waals surface area contributed by atoms with E-state index in [1.54, 1.807) is 11.9 Å². The Labute approximate surface area is 163 Å². The molecule has 0 bridgehead atoms. The molecule has 0 spiro atoms. The third-order valence-electron chi connectivity index (χ3n) is 4.18. The van der Waals surface area contributed by atoms with Crippen LogP contribution in [0.15, 0.2) is 30.3 Å². The average Bonchev–Trinajstić information content (AvgIpc) is 2.65. The van der Waals surface area contributed by atoms with Gasteiger partial charge in [0, 0.05) is 44.2 Å². The highest BCUT2D eigenvalue weighted by molar-refractivity contribution is 7.99. The van der Waals surface area contributed by atoms with Gasteiger partial charge in [0.15, 0.2) is 0 Å². The highest BCUT2D eigenvalue weighted by atomic mass is 32.2. The van der Waals surface area contributed by atoms with Crippen molar-refractivity contribution >= 4 is 17.9 Å². The van der Waals surface area contributed by atoms with E-state index in [0.717, 1.165) is 37.2 Å². The fraction of sp³-hybridized carbons (Fsp3) is 0.650. The predicted molar refractivity (Wildman–Crippen MR) is 112 cm³/mol. The van der Waals surface area contributed by atoms with E-state index in [0.29, 0.717) is 19.2 Å². The van der Waals surface area contributed by atoms with Crippen molar-refractivity contribution in [3.05, 3.63) is 35.9 Å². The first-order valence-electron chi connectivity index (χ1n) is 9.40. The maximum atomic E-state index is 12.1. The summed E-state index contributed by atoms with van der Waals surface area (Å²) < 4.78 is 5.36. The number of nitrogens with one attached hydrogen (secondary N) is 1. The van der Waals surface area contributed by atoms with Gasteiger partial charge in [-0.1, -0.05) is 37.3 Å². The zero-order valence-electron chi connectivity index (χ0n) is 16.7. The van der Waals surface area contributed by atoms with Gasteiger partial charge in [0.1, 0.15) is 6.61 Å². The van der Waals surface area contributed by atoms with Gasteiger partial charge in [0.25, 0.3) is 0 Å². The fourth-order valence-electron chi connectivity index (χ4n) is 2.41. The van der Waals surface area contributed by atoms with Gasteiger partial charge in [-0.05, 0) is 32.5 Å². The molecule has 6 heteroatoms. The second-order valence-electron chi connectivity index (χ2n) is 6.73. The lowest BCUT2D eigenvalue weighted by Crippen LogP contribution is -2.36. The van der Waals surface area contributed by atoms with Gasteiger partial charge in [0.05, 0.1) is 0 Å². The predicted octanol–water partition coefficient (Wildman–Crippen LogP) is 3.31. The van der Waals surface area contributed by atoms with Crippen LogP contribution in [0.4, 0.5) is 4.79 Å². The molecule has 0 aliphatic rings. The first kappa shape index (κ1) is 22.8. The number of amides is 1. The largest absolute Gasteiger partial charge is 0.445 e. The summed E-state index contributed by atoms with van der Waals surface area (Å²) in [4.78, 5) is 16.0. The number of ether oxygens (including phenoxy) is 1. The molecule has 1 unspecified atom stereocenters. The van der Waals surface area contributed by atoms with Crippen LogP contribution in [0.25, 0.3) is 0 Å². The minimum absolute atomic E-state index is 0.261. The number of rotatable bonds is 13. The van der Waals surface area contributed by atoms with Gasteiger partial charge >= 0.3 is 6.09 Å². The van der Waals surface area contributed by atoms with E-state index < -0.39 is 0 Å². The van der Waals surface area contributed by atoms with Crippen LogP contribution in [-0.2, 0) is 11.3 Å². The zero-order chi connectivity index (χ0) is 19.2. The Hall–Kier alpha value is -1.24. The minimum Gasteiger partial charge on any atom is -0.445 e. The summed E-state index contributed by atoms with van der Waals surface area (Å²) in [6, 6.07) is 10.2. The molecule has 1 atom stereocenters. The third kappa shape index (κ3) is 10.7. The van der Waals surface area contributed by atoms with Crippen LogP contribution >= 0.6 is 11.8 Å². The third-order valence-corrected chi connectivity index (χ3v) is 5.15. The van der Waals surface area contributed by atoms with Crippen molar-refractivity contribution in [3.63, 3.8) is 0 Å². The number of thioether (sulfide) groups is 1. The highest BCUT2D eigenvalue weighted by Crippen LogP contribution is 2.05. The number of hydrogen-bond acceptors (Lipinski definition) is 5. The van der Waals surface area contributed by atoms with Crippen LogP contribution in [0.1, 0.15) is 25.3 Å². The van der Waals surface area contributed by atoms with Gasteiger partial charge in [0.2, 0.25) is 0 Å². The molecule has 0 heterocycles. The summed E-state index contributed by atoms with van der Waals surface area (Å²) in [6.45, 7) is 5.34. The molecule has 0 radical (unpaired) electrons. The zero-order valence-corrected chi connectivity index (χ0v) is 17.6. The van der Waals surface area contributed by atoms with Gasteiger partial charge in [-0.15, -0.1) is 0 Å². The van der Waals surface area contributed by atoms with E-state index in [-0.39, 0.29) is 6.09 Å².